The van der Waals surface area contributed by atoms with Gasteiger partial charge in [-0.15, -0.1) is 0 Å². The second-order valence-electron chi connectivity index (χ2n) is 3.96. The van der Waals surface area contributed by atoms with Crippen molar-refractivity contribution in [2.24, 2.45) is 16.8 Å². The fourth-order valence-corrected chi connectivity index (χ4v) is 1.79. The van der Waals surface area contributed by atoms with Gasteiger partial charge in [0, 0.05) is 26.1 Å². The lowest BCUT2D eigenvalue weighted by Crippen LogP contribution is -2.32. The Kier molecular flexibility index (Phi) is 5.42. The first kappa shape index (κ1) is 12.3. The van der Waals surface area contributed by atoms with Crippen LogP contribution in [-0.2, 0) is 4.74 Å². The molecule has 5 heteroatoms. The maximum absolute atomic E-state index is 8.43. The largest absolute Gasteiger partial charge is 0.409 e. The lowest BCUT2D eigenvalue weighted by molar-refractivity contribution is 0.169. The highest BCUT2D eigenvalue weighted by Gasteiger charge is 2.18. The van der Waals surface area contributed by atoms with Crippen LogP contribution in [0, 0.1) is 5.92 Å². The van der Waals surface area contributed by atoms with Crippen molar-refractivity contribution < 1.29 is 9.94 Å². The monoisotopic (exact) mass is 215 g/mol. The smallest absolute Gasteiger partial charge is 0.140 e. The molecular weight excluding hydrogens is 194 g/mol. The second-order valence-corrected chi connectivity index (χ2v) is 3.96. The first-order valence-electron chi connectivity index (χ1n) is 5.52. The lowest BCUT2D eigenvalue weighted by atomic mass is 10.1. The van der Waals surface area contributed by atoms with E-state index in [-0.39, 0.29) is 0 Å². The van der Waals surface area contributed by atoms with E-state index in [9.17, 15) is 0 Å². The molecule has 1 aliphatic rings. The molecule has 0 aromatic heterocycles. The number of nitrogens with two attached hydrogens (primary N) is 1. The third kappa shape index (κ3) is 4.48. The Balaban J connectivity index is 2.22. The number of amidine groups is 1. The van der Waals surface area contributed by atoms with Gasteiger partial charge in [-0.2, -0.15) is 0 Å². The molecule has 1 unspecified atom stereocenters. The molecule has 1 aliphatic heterocycles. The molecule has 15 heavy (non-hydrogen) atoms. The van der Waals surface area contributed by atoms with Gasteiger partial charge in [0.1, 0.15) is 5.84 Å². The number of oxime groups is 1. The van der Waals surface area contributed by atoms with Crippen LogP contribution in [0.1, 0.15) is 19.8 Å². The first-order valence-corrected chi connectivity index (χ1v) is 5.52. The highest BCUT2D eigenvalue weighted by atomic mass is 16.5. The van der Waals surface area contributed by atoms with E-state index in [1.807, 2.05) is 0 Å². The quantitative estimate of drug-likeness (QED) is 0.292. The summed E-state index contributed by atoms with van der Waals surface area (Å²) in [5.41, 5.74) is 5.43. The van der Waals surface area contributed by atoms with Crippen molar-refractivity contribution in [3.05, 3.63) is 0 Å². The van der Waals surface area contributed by atoms with Crippen LogP contribution in [0.4, 0.5) is 0 Å². The van der Waals surface area contributed by atoms with Crippen molar-refractivity contribution in [2.45, 2.75) is 19.8 Å². The highest BCUT2D eigenvalue weighted by Crippen LogP contribution is 2.13. The molecule has 88 valence electrons. The molecule has 1 fully saturated rings. The molecule has 1 saturated heterocycles. The molecule has 0 aliphatic carbocycles. The van der Waals surface area contributed by atoms with Crippen LogP contribution >= 0.6 is 0 Å². The van der Waals surface area contributed by atoms with Crippen LogP contribution in [-0.4, -0.2) is 48.8 Å². The minimum Gasteiger partial charge on any atom is -0.409 e. The topological polar surface area (TPSA) is 71.1 Å². The van der Waals surface area contributed by atoms with Crippen LogP contribution in [0.3, 0.4) is 0 Å². The Labute approximate surface area is 90.9 Å². The summed E-state index contributed by atoms with van der Waals surface area (Å²) in [5, 5.41) is 11.4. The van der Waals surface area contributed by atoms with Gasteiger partial charge >= 0.3 is 0 Å². The third-order valence-electron chi connectivity index (χ3n) is 2.80. The van der Waals surface area contributed by atoms with E-state index in [0.717, 1.165) is 39.3 Å². The van der Waals surface area contributed by atoms with Crippen molar-refractivity contribution in [3.8, 4) is 0 Å². The van der Waals surface area contributed by atoms with Crippen LogP contribution in [0.2, 0.25) is 0 Å². The fourth-order valence-electron chi connectivity index (χ4n) is 1.79. The molecular formula is C10H21N3O2. The Morgan fingerprint density at radius 3 is 3.00 bits per heavy atom. The van der Waals surface area contributed by atoms with Gasteiger partial charge in [-0.1, -0.05) is 12.1 Å². The van der Waals surface area contributed by atoms with E-state index < -0.39 is 0 Å². The maximum atomic E-state index is 8.43. The van der Waals surface area contributed by atoms with Crippen LogP contribution in [0.25, 0.3) is 0 Å². The second kappa shape index (κ2) is 6.63. The van der Waals surface area contributed by atoms with Gasteiger partial charge in [-0.05, 0) is 18.9 Å². The Hall–Kier alpha value is -0.810. The SMILES string of the molecule is CCN(CCC(N)=NO)CC1CCOC1. The summed E-state index contributed by atoms with van der Waals surface area (Å²) in [4.78, 5) is 2.32. The molecule has 0 radical (unpaired) electrons. The van der Waals surface area contributed by atoms with Gasteiger partial charge in [-0.25, -0.2) is 0 Å². The zero-order valence-electron chi connectivity index (χ0n) is 9.35. The van der Waals surface area contributed by atoms with E-state index in [2.05, 4.69) is 17.0 Å². The van der Waals surface area contributed by atoms with Crippen molar-refractivity contribution in [1.82, 2.24) is 4.90 Å². The molecule has 0 saturated carbocycles. The maximum Gasteiger partial charge on any atom is 0.140 e. The van der Waals surface area contributed by atoms with Crippen molar-refractivity contribution in [3.63, 3.8) is 0 Å². The van der Waals surface area contributed by atoms with Gasteiger partial charge in [0.2, 0.25) is 0 Å². The predicted molar refractivity (Wildman–Crippen MR) is 59.1 cm³/mol. The molecule has 1 heterocycles. The van der Waals surface area contributed by atoms with E-state index in [0.29, 0.717) is 18.2 Å². The fraction of sp³-hybridized carbons (Fsp3) is 0.900. The van der Waals surface area contributed by atoms with Crippen molar-refractivity contribution >= 4 is 5.84 Å². The number of nitrogens with zero attached hydrogens (tertiary/aromatic N) is 2. The van der Waals surface area contributed by atoms with E-state index in [4.69, 9.17) is 15.7 Å². The molecule has 0 bridgehead atoms. The minimum atomic E-state index is 0.302. The van der Waals surface area contributed by atoms with Crippen LogP contribution in [0.15, 0.2) is 5.16 Å². The first-order chi connectivity index (χ1) is 7.26. The molecule has 0 amide bonds. The summed E-state index contributed by atoms with van der Waals surface area (Å²) >= 11 is 0. The molecule has 5 nitrogen and oxygen atoms in total. The van der Waals surface area contributed by atoms with E-state index in [1.54, 1.807) is 0 Å². The van der Waals surface area contributed by atoms with Crippen molar-refractivity contribution in [2.75, 3.05) is 32.8 Å². The van der Waals surface area contributed by atoms with E-state index in [1.165, 1.54) is 0 Å². The number of hydrogen-bond acceptors (Lipinski definition) is 4. The highest BCUT2D eigenvalue weighted by molar-refractivity contribution is 5.79. The molecule has 0 aromatic carbocycles. The normalized spacial score (nSPS) is 22.5. The average molecular weight is 215 g/mol. The number of rotatable bonds is 6. The Bertz CT molecular complexity index is 203. The molecule has 1 atom stereocenters. The third-order valence-corrected chi connectivity index (χ3v) is 2.80. The number of hydrogen-bond donors (Lipinski definition) is 2. The zero-order valence-corrected chi connectivity index (χ0v) is 9.35. The lowest BCUT2D eigenvalue weighted by Gasteiger charge is -2.22. The number of ether oxygens (including phenoxy) is 1. The zero-order chi connectivity index (χ0) is 11.1. The molecule has 0 spiro atoms. The summed E-state index contributed by atoms with van der Waals surface area (Å²) < 4.78 is 5.33. The van der Waals surface area contributed by atoms with Gasteiger partial charge in [0.15, 0.2) is 0 Å². The van der Waals surface area contributed by atoms with Crippen molar-refractivity contribution in [1.29, 1.82) is 0 Å². The van der Waals surface area contributed by atoms with Gasteiger partial charge in [-0.3, -0.25) is 0 Å². The van der Waals surface area contributed by atoms with Gasteiger partial charge in [0.05, 0.1) is 6.61 Å². The Morgan fingerprint density at radius 2 is 2.47 bits per heavy atom. The van der Waals surface area contributed by atoms with Gasteiger partial charge < -0.3 is 20.6 Å². The minimum absolute atomic E-state index is 0.302. The molecule has 3 N–H and O–H groups in total. The van der Waals surface area contributed by atoms with Crippen LogP contribution < -0.4 is 5.73 Å². The summed E-state index contributed by atoms with van der Waals surface area (Å²) in [5.74, 6) is 0.952. The summed E-state index contributed by atoms with van der Waals surface area (Å²) in [6, 6.07) is 0. The predicted octanol–water partition coefficient (Wildman–Crippen LogP) is 0.481. The van der Waals surface area contributed by atoms with Gasteiger partial charge in [0.25, 0.3) is 0 Å². The Morgan fingerprint density at radius 1 is 1.67 bits per heavy atom. The molecule has 1 rings (SSSR count). The summed E-state index contributed by atoms with van der Waals surface area (Å²) in [6.07, 6.45) is 1.78. The molecule has 0 aromatic rings. The van der Waals surface area contributed by atoms with E-state index >= 15 is 0 Å². The van der Waals surface area contributed by atoms with Crippen LogP contribution in [0.5, 0.6) is 0 Å². The average Bonchev–Trinajstić information content (AvgIpc) is 2.76. The standard InChI is InChI=1S/C10H21N3O2/c1-2-13(5-3-10(11)12-14)7-9-4-6-15-8-9/h9,14H,2-8H2,1H3,(H2,11,12). The summed E-state index contributed by atoms with van der Waals surface area (Å²) in [6.45, 7) is 6.79. The summed E-state index contributed by atoms with van der Waals surface area (Å²) in [7, 11) is 0.